The normalized spacial score (nSPS) is 11.1. The number of carbonyl (C=O) groups is 2. The van der Waals surface area contributed by atoms with Gasteiger partial charge in [0.15, 0.2) is 5.69 Å². The van der Waals surface area contributed by atoms with E-state index in [0.717, 1.165) is 5.56 Å². The molecule has 0 saturated carbocycles. The average Bonchev–Trinajstić information content (AvgIpc) is 2.77. The van der Waals surface area contributed by atoms with Crippen LogP contribution in [0.5, 0.6) is 0 Å². The zero-order chi connectivity index (χ0) is 25.8. The number of halogens is 1. The highest BCUT2D eigenvalue weighted by Gasteiger charge is 2.22. The second-order valence-electron chi connectivity index (χ2n) is 9.01. The Kier molecular flexibility index (Phi) is 7.68. The molecule has 9 heteroatoms. The highest BCUT2D eigenvalue weighted by molar-refractivity contribution is 6.02. The molecule has 0 radical (unpaired) electrons. The smallest absolute Gasteiger partial charge is 0.410 e. The summed E-state index contributed by atoms with van der Waals surface area (Å²) in [6, 6.07) is 14.1. The molecule has 1 aromatic heterocycles. The summed E-state index contributed by atoms with van der Waals surface area (Å²) >= 11 is 0. The van der Waals surface area contributed by atoms with Crippen molar-refractivity contribution in [3.05, 3.63) is 87.6 Å². The van der Waals surface area contributed by atoms with Gasteiger partial charge in [-0.25, -0.2) is 13.9 Å². The molecule has 0 aliphatic rings. The van der Waals surface area contributed by atoms with Crippen LogP contribution in [0.1, 0.15) is 49.4 Å². The van der Waals surface area contributed by atoms with Gasteiger partial charge in [0.1, 0.15) is 17.1 Å². The third-order valence-electron chi connectivity index (χ3n) is 4.99. The molecule has 0 spiro atoms. The lowest BCUT2D eigenvalue weighted by Gasteiger charge is -2.26. The molecule has 35 heavy (non-hydrogen) atoms. The highest BCUT2D eigenvalue weighted by atomic mass is 19.1. The van der Waals surface area contributed by atoms with E-state index in [2.05, 4.69) is 10.4 Å². The van der Waals surface area contributed by atoms with E-state index in [9.17, 15) is 18.8 Å². The Morgan fingerprint density at radius 2 is 1.83 bits per heavy atom. The second kappa shape index (κ2) is 10.5. The van der Waals surface area contributed by atoms with Crippen molar-refractivity contribution in [2.45, 2.75) is 46.8 Å². The fraction of sp³-hybridized carbons (Fsp3) is 0.308. The van der Waals surface area contributed by atoms with E-state index in [-0.39, 0.29) is 17.9 Å². The van der Waals surface area contributed by atoms with Gasteiger partial charge in [0, 0.05) is 30.5 Å². The van der Waals surface area contributed by atoms with E-state index < -0.39 is 28.8 Å². The molecule has 2 aromatic carbocycles. The number of nitrogens with zero attached hydrogens (tertiary/aromatic N) is 3. The topological polar surface area (TPSA) is 93.5 Å². The molecule has 0 saturated heterocycles. The quantitative estimate of drug-likeness (QED) is 0.553. The lowest BCUT2D eigenvalue weighted by molar-refractivity contribution is 0.0244. The van der Waals surface area contributed by atoms with Gasteiger partial charge < -0.3 is 15.0 Å². The van der Waals surface area contributed by atoms with E-state index in [4.69, 9.17) is 4.74 Å². The van der Waals surface area contributed by atoms with Crippen molar-refractivity contribution >= 4 is 17.7 Å². The van der Waals surface area contributed by atoms with E-state index in [0.29, 0.717) is 17.9 Å². The number of carbonyl (C=O) groups excluding carboxylic acids is 2. The van der Waals surface area contributed by atoms with E-state index in [1.165, 1.54) is 22.9 Å². The number of nitrogens with one attached hydrogen (secondary N) is 1. The molecule has 0 unspecified atom stereocenters. The molecular formula is C26H29FN4O4. The number of benzene rings is 2. The van der Waals surface area contributed by atoms with Crippen LogP contribution in [0.2, 0.25) is 0 Å². The average molecular weight is 481 g/mol. The maximum atomic E-state index is 14.3. The summed E-state index contributed by atoms with van der Waals surface area (Å²) in [5.74, 6) is -1.26. The summed E-state index contributed by atoms with van der Waals surface area (Å²) in [4.78, 5) is 39.4. The van der Waals surface area contributed by atoms with Crippen LogP contribution in [-0.2, 0) is 11.3 Å². The SMILES string of the molecule is CCN(Cc1cccc(NC(=O)c2nn(-c3ccccc3F)c(C)cc2=O)c1)C(=O)OC(C)(C)C. The number of hydrogen-bond acceptors (Lipinski definition) is 5. The van der Waals surface area contributed by atoms with Crippen LogP contribution in [-0.4, -0.2) is 38.8 Å². The largest absolute Gasteiger partial charge is 0.444 e. The Hall–Kier alpha value is -4.01. The van der Waals surface area contributed by atoms with Crippen molar-refractivity contribution in [2.75, 3.05) is 11.9 Å². The first-order valence-electron chi connectivity index (χ1n) is 11.2. The third kappa shape index (κ3) is 6.53. The summed E-state index contributed by atoms with van der Waals surface area (Å²) in [5, 5.41) is 6.79. The zero-order valence-electron chi connectivity index (χ0n) is 20.5. The fourth-order valence-corrected chi connectivity index (χ4v) is 3.36. The first kappa shape index (κ1) is 25.6. The minimum absolute atomic E-state index is 0.128. The number of amides is 2. The first-order chi connectivity index (χ1) is 16.5. The summed E-state index contributed by atoms with van der Waals surface area (Å²) in [6.07, 6.45) is -0.438. The van der Waals surface area contributed by atoms with Gasteiger partial charge in [-0.1, -0.05) is 24.3 Å². The minimum Gasteiger partial charge on any atom is -0.444 e. The molecule has 184 valence electrons. The molecule has 0 fully saturated rings. The van der Waals surface area contributed by atoms with Gasteiger partial charge in [0.2, 0.25) is 5.43 Å². The van der Waals surface area contributed by atoms with Gasteiger partial charge >= 0.3 is 6.09 Å². The van der Waals surface area contributed by atoms with Crippen molar-refractivity contribution in [3.63, 3.8) is 0 Å². The van der Waals surface area contributed by atoms with E-state index >= 15 is 0 Å². The van der Waals surface area contributed by atoms with Crippen LogP contribution in [0.4, 0.5) is 14.9 Å². The predicted molar refractivity (Wildman–Crippen MR) is 131 cm³/mol. The third-order valence-corrected chi connectivity index (χ3v) is 4.99. The van der Waals surface area contributed by atoms with Gasteiger partial charge in [-0.15, -0.1) is 0 Å². The number of rotatable bonds is 6. The second-order valence-corrected chi connectivity index (χ2v) is 9.01. The molecule has 0 aliphatic heterocycles. The maximum Gasteiger partial charge on any atom is 0.410 e. The molecule has 2 amide bonds. The number of aromatic nitrogens is 2. The summed E-state index contributed by atoms with van der Waals surface area (Å²) < 4.78 is 20.9. The van der Waals surface area contributed by atoms with Crippen molar-refractivity contribution in [3.8, 4) is 5.69 Å². The summed E-state index contributed by atoms with van der Waals surface area (Å²) in [6.45, 7) is 9.57. The van der Waals surface area contributed by atoms with Crippen LogP contribution in [0.3, 0.4) is 0 Å². The number of aryl methyl sites for hydroxylation is 1. The lowest BCUT2D eigenvalue weighted by Crippen LogP contribution is -2.36. The van der Waals surface area contributed by atoms with Crippen LogP contribution < -0.4 is 10.7 Å². The fourth-order valence-electron chi connectivity index (χ4n) is 3.36. The van der Waals surface area contributed by atoms with Crippen LogP contribution in [0, 0.1) is 12.7 Å². The van der Waals surface area contributed by atoms with Gasteiger partial charge in [0.25, 0.3) is 5.91 Å². The highest BCUT2D eigenvalue weighted by Crippen LogP contribution is 2.17. The molecule has 0 aliphatic carbocycles. The molecule has 1 N–H and O–H groups in total. The molecule has 0 bridgehead atoms. The first-order valence-corrected chi connectivity index (χ1v) is 11.2. The Labute approximate surface area is 203 Å². The van der Waals surface area contributed by atoms with Crippen molar-refractivity contribution in [1.82, 2.24) is 14.7 Å². The van der Waals surface area contributed by atoms with Crippen molar-refractivity contribution in [1.29, 1.82) is 0 Å². The molecule has 8 nitrogen and oxygen atoms in total. The number of hydrogen-bond donors (Lipinski definition) is 1. The summed E-state index contributed by atoms with van der Waals surface area (Å²) in [7, 11) is 0. The van der Waals surface area contributed by atoms with Crippen LogP contribution >= 0.6 is 0 Å². The Bertz CT molecular complexity index is 1300. The molecular weight excluding hydrogens is 451 g/mol. The lowest BCUT2D eigenvalue weighted by atomic mass is 10.2. The number of anilines is 1. The van der Waals surface area contributed by atoms with Crippen LogP contribution in [0.15, 0.2) is 59.4 Å². The maximum absolute atomic E-state index is 14.3. The van der Waals surface area contributed by atoms with Crippen LogP contribution in [0.25, 0.3) is 5.69 Å². The standard InChI is InChI=1S/C26H29FN4O4/c1-6-30(25(34)35-26(3,4)5)16-18-10-9-11-19(15-18)28-24(33)23-22(32)14-17(2)31(29-23)21-13-8-7-12-20(21)27/h7-15H,6,16H2,1-5H3,(H,28,33). The van der Waals surface area contributed by atoms with Gasteiger partial charge in [-0.05, 0) is 64.4 Å². The van der Waals surface area contributed by atoms with Gasteiger partial charge in [0.05, 0.1) is 0 Å². The molecule has 3 rings (SSSR count). The summed E-state index contributed by atoms with van der Waals surface area (Å²) in [5.41, 5.74) is 0.141. The Morgan fingerprint density at radius 3 is 2.49 bits per heavy atom. The number of ether oxygens (including phenoxy) is 1. The van der Waals surface area contributed by atoms with E-state index in [1.807, 2.05) is 13.0 Å². The van der Waals surface area contributed by atoms with Gasteiger partial charge in [-0.2, -0.15) is 5.10 Å². The number of para-hydroxylation sites is 1. The van der Waals surface area contributed by atoms with Crippen molar-refractivity contribution in [2.24, 2.45) is 0 Å². The Balaban J connectivity index is 1.82. The van der Waals surface area contributed by atoms with Gasteiger partial charge in [-0.3, -0.25) is 9.59 Å². The zero-order valence-corrected chi connectivity index (χ0v) is 20.5. The monoisotopic (exact) mass is 480 g/mol. The predicted octanol–water partition coefficient (Wildman–Crippen LogP) is 4.69. The minimum atomic E-state index is -0.725. The van der Waals surface area contributed by atoms with Crippen molar-refractivity contribution < 1.29 is 18.7 Å². The molecule has 1 heterocycles. The van der Waals surface area contributed by atoms with E-state index in [1.54, 1.807) is 62.9 Å². The Morgan fingerprint density at radius 1 is 1.11 bits per heavy atom. The molecule has 3 aromatic rings. The molecule has 0 atom stereocenters.